The second kappa shape index (κ2) is 6.12. The maximum absolute atomic E-state index is 11.1. The molecule has 0 heterocycles. The molecule has 6 heteroatoms. The molecule has 0 aliphatic heterocycles. The second-order valence-corrected chi connectivity index (χ2v) is 3.02. The highest BCUT2D eigenvalue weighted by Gasteiger charge is 2.05. The Morgan fingerprint density at radius 1 is 1.47 bits per heavy atom. The number of hydrogen-bond donors (Lipinski definition) is 1. The fourth-order valence-corrected chi connectivity index (χ4v) is 1.01. The lowest BCUT2D eigenvalue weighted by Crippen LogP contribution is -2.28. The van der Waals surface area contributed by atoms with Gasteiger partial charge in [0.25, 0.3) is 11.6 Å². The van der Waals surface area contributed by atoms with Gasteiger partial charge in [-0.1, -0.05) is 5.92 Å². The number of carbonyl (C=O) groups excluding carboxylic acids is 1. The highest BCUT2D eigenvalue weighted by Crippen LogP contribution is 2.16. The molecule has 1 amide bonds. The Morgan fingerprint density at radius 2 is 2.12 bits per heavy atom. The maximum atomic E-state index is 11.1. The van der Waals surface area contributed by atoms with Crippen molar-refractivity contribution in [3.05, 3.63) is 34.4 Å². The number of carbonyl (C=O) groups is 1. The first-order valence-corrected chi connectivity index (χ1v) is 4.71. The molecule has 1 aromatic carbocycles. The number of terminal acetylenes is 1. The summed E-state index contributed by atoms with van der Waals surface area (Å²) in [6, 6.07) is 5.45. The van der Waals surface area contributed by atoms with Crippen molar-refractivity contribution in [2.45, 2.75) is 0 Å². The summed E-state index contributed by atoms with van der Waals surface area (Å²) in [5.41, 5.74) is -0.0332. The predicted octanol–water partition coefficient (Wildman–Crippen LogP) is 0.723. The highest BCUT2D eigenvalue weighted by atomic mass is 16.6. The quantitative estimate of drug-likeness (QED) is 0.462. The number of nitrogens with zero attached hydrogens (tertiary/aromatic N) is 1. The van der Waals surface area contributed by atoms with Gasteiger partial charge in [-0.2, -0.15) is 0 Å². The van der Waals surface area contributed by atoms with Crippen molar-refractivity contribution >= 4 is 11.6 Å². The van der Waals surface area contributed by atoms with Crippen molar-refractivity contribution in [1.29, 1.82) is 0 Å². The minimum absolute atomic E-state index is 0.0332. The van der Waals surface area contributed by atoms with E-state index < -0.39 is 4.92 Å². The first kappa shape index (κ1) is 12.5. The van der Waals surface area contributed by atoms with Crippen molar-refractivity contribution < 1.29 is 14.5 Å². The number of amides is 1. The van der Waals surface area contributed by atoms with Gasteiger partial charge in [-0.25, -0.2) is 0 Å². The summed E-state index contributed by atoms with van der Waals surface area (Å²) in [5, 5.41) is 12.8. The third-order valence-electron chi connectivity index (χ3n) is 1.81. The third-order valence-corrected chi connectivity index (χ3v) is 1.81. The fraction of sp³-hybridized carbons (Fsp3) is 0.182. The van der Waals surface area contributed by atoms with Crippen LogP contribution >= 0.6 is 0 Å². The summed E-state index contributed by atoms with van der Waals surface area (Å²) >= 11 is 0. The van der Waals surface area contributed by atoms with Gasteiger partial charge in [-0.15, -0.1) is 6.42 Å². The lowest BCUT2D eigenvalue weighted by molar-refractivity contribution is -0.384. The van der Waals surface area contributed by atoms with E-state index in [0.717, 1.165) is 0 Å². The van der Waals surface area contributed by atoms with Crippen LogP contribution in [-0.2, 0) is 4.79 Å². The van der Waals surface area contributed by atoms with E-state index in [0.29, 0.717) is 5.75 Å². The number of rotatable bonds is 5. The normalized spacial score (nSPS) is 9.12. The van der Waals surface area contributed by atoms with Crippen molar-refractivity contribution in [2.24, 2.45) is 0 Å². The molecule has 88 valence electrons. The number of non-ortho nitro benzene ring substituents is 1. The lowest BCUT2D eigenvalue weighted by Gasteiger charge is -2.05. The number of hydrogen-bond acceptors (Lipinski definition) is 4. The van der Waals surface area contributed by atoms with Crippen LogP contribution in [0.1, 0.15) is 0 Å². The molecular formula is C11H10N2O4. The molecule has 0 aromatic heterocycles. The number of ether oxygens (including phenoxy) is 1. The Balaban J connectivity index is 2.45. The van der Waals surface area contributed by atoms with E-state index in [-0.39, 0.29) is 24.7 Å². The Bertz CT molecular complexity index is 448. The molecule has 0 spiro atoms. The number of nitro groups is 1. The van der Waals surface area contributed by atoms with Crippen LogP contribution in [0.2, 0.25) is 0 Å². The van der Waals surface area contributed by atoms with E-state index in [1.54, 1.807) is 0 Å². The van der Waals surface area contributed by atoms with Gasteiger partial charge in [0.1, 0.15) is 5.75 Å². The largest absolute Gasteiger partial charge is 0.484 e. The van der Waals surface area contributed by atoms with Crippen molar-refractivity contribution in [1.82, 2.24) is 5.32 Å². The van der Waals surface area contributed by atoms with Crippen LogP contribution in [0.5, 0.6) is 5.75 Å². The molecule has 1 N–H and O–H groups in total. The van der Waals surface area contributed by atoms with Gasteiger partial charge < -0.3 is 10.1 Å². The monoisotopic (exact) mass is 234 g/mol. The van der Waals surface area contributed by atoms with E-state index in [1.807, 2.05) is 0 Å². The van der Waals surface area contributed by atoms with Gasteiger partial charge in [-0.3, -0.25) is 14.9 Å². The molecular weight excluding hydrogens is 224 g/mol. The summed E-state index contributed by atoms with van der Waals surface area (Å²) < 4.78 is 5.10. The first-order chi connectivity index (χ1) is 8.13. The molecule has 0 aliphatic rings. The lowest BCUT2D eigenvalue weighted by atomic mass is 10.3. The van der Waals surface area contributed by atoms with Crippen molar-refractivity contribution in [3.8, 4) is 18.1 Å². The van der Waals surface area contributed by atoms with Crippen molar-refractivity contribution in [2.75, 3.05) is 13.2 Å². The average Bonchev–Trinajstić information content (AvgIpc) is 2.34. The molecule has 1 aromatic rings. The zero-order chi connectivity index (χ0) is 12.7. The van der Waals surface area contributed by atoms with E-state index in [9.17, 15) is 14.9 Å². The van der Waals surface area contributed by atoms with Gasteiger partial charge in [0.05, 0.1) is 11.5 Å². The van der Waals surface area contributed by atoms with E-state index in [2.05, 4.69) is 11.2 Å². The van der Waals surface area contributed by atoms with Crippen molar-refractivity contribution in [3.63, 3.8) is 0 Å². The molecule has 0 radical (unpaired) electrons. The van der Waals surface area contributed by atoms with Crippen LogP contribution in [0, 0.1) is 22.5 Å². The predicted molar refractivity (Wildman–Crippen MR) is 60.4 cm³/mol. The molecule has 0 aliphatic carbocycles. The van der Waals surface area contributed by atoms with Crippen LogP contribution in [-0.4, -0.2) is 24.0 Å². The van der Waals surface area contributed by atoms with Gasteiger partial charge in [0.15, 0.2) is 6.61 Å². The average molecular weight is 234 g/mol. The molecule has 0 saturated heterocycles. The van der Waals surface area contributed by atoms with Gasteiger partial charge in [0.2, 0.25) is 0 Å². The molecule has 6 nitrogen and oxygen atoms in total. The smallest absolute Gasteiger partial charge is 0.269 e. The first-order valence-electron chi connectivity index (χ1n) is 4.71. The highest BCUT2D eigenvalue weighted by molar-refractivity contribution is 5.77. The molecule has 0 bridgehead atoms. The summed E-state index contributed by atoms with van der Waals surface area (Å²) in [6.45, 7) is -0.0397. The molecule has 0 fully saturated rings. The number of benzene rings is 1. The van der Waals surface area contributed by atoms with E-state index >= 15 is 0 Å². The van der Waals surface area contributed by atoms with Crippen LogP contribution in [0.15, 0.2) is 24.3 Å². The van der Waals surface area contributed by atoms with E-state index in [1.165, 1.54) is 24.3 Å². The Morgan fingerprint density at radius 3 is 2.65 bits per heavy atom. The SMILES string of the molecule is C#CCNC(=O)COc1ccc([N+](=O)[O-])cc1. The standard InChI is InChI=1S/C11H10N2O4/c1-2-7-12-11(14)8-17-10-5-3-9(4-6-10)13(15)16/h1,3-6H,7-8H2,(H,12,14). The van der Waals surface area contributed by atoms with Gasteiger partial charge in [-0.05, 0) is 12.1 Å². The zero-order valence-corrected chi connectivity index (χ0v) is 8.88. The fourth-order valence-electron chi connectivity index (χ4n) is 1.01. The Labute approximate surface area is 97.7 Å². The summed E-state index contributed by atoms with van der Waals surface area (Å²) in [6.07, 6.45) is 4.96. The van der Waals surface area contributed by atoms with Crippen LogP contribution < -0.4 is 10.1 Å². The third kappa shape index (κ3) is 4.22. The number of nitro benzene ring substituents is 1. The van der Waals surface area contributed by atoms with E-state index in [4.69, 9.17) is 11.2 Å². The minimum atomic E-state index is -0.511. The zero-order valence-electron chi connectivity index (χ0n) is 8.88. The van der Waals surface area contributed by atoms with Gasteiger partial charge >= 0.3 is 0 Å². The summed E-state index contributed by atoms with van der Waals surface area (Å²) in [5.74, 6) is 2.29. The summed E-state index contributed by atoms with van der Waals surface area (Å²) in [4.78, 5) is 21.0. The minimum Gasteiger partial charge on any atom is -0.484 e. The second-order valence-electron chi connectivity index (χ2n) is 3.02. The Kier molecular flexibility index (Phi) is 4.51. The molecule has 0 atom stereocenters. The van der Waals surface area contributed by atoms with Gasteiger partial charge in [0, 0.05) is 12.1 Å². The maximum Gasteiger partial charge on any atom is 0.269 e. The van der Waals surface area contributed by atoms with Crippen LogP contribution in [0.3, 0.4) is 0 Å². The Hall–Kier alpha value is -2.55. The van der Waals surface area contributed by atoms with Crippen LogP contribution in [0.25, 0.3) is 0 Å². The molecule has 0 saturated carbocycles. The number of nitrogens with one attached hydrogen (secondary N) is 1. The van der Waals surface area contributed by atoms with Crippen LogP contribution in [0.4, 0.5) is 5.69 Å². The molecule has 1 rings (SSSR count). The topological polar surface area (TPSA) is 81.5 Å². The summed E-state index contributed by atoms with van der Waals surface area (Å²) in [7, 11) is 0. The molecule has 0 unspecified atom stereocenters. The molecule has 17 heavy (non-hydrogen) atoms.